The summed E-state index contributed by atoms with van der Waals surface area (Å²) >= 11 is 0. The van der Waals surface area contributed by atoms with Crippen molar-refractivity contribution in [3.05, 3.63) is 54.0 Å². The molecule has 0 radical (unpaired) electrons. The van der Waals surface area contributed by atoms with Gasteiger partial charge in [-0.05, 0) is 5.56 Å². The Morgan fingerprint density at radius 1 is 1.18 bits per heavy atom. The SMILES string of the molecule is CN(Cc1ccccc1)c1cncc(CN)n1. The molecule has 0 aliphatic heterocycles. The molecule has 2 N–H and O–H groups in total. The van der Waals surface area contributed by atoms with Gasteiger partial charge in [0, 0.05) is 26.3 Å². The summed E-state index contributed by atoms with van der Waals surface area (Å²) in [5.74, 6) is 0.844. The van der Waals surface area contributed by atoms with E-state index in [1.165, 1.54) is 5.56 Å². The summed E-state index contributed by atoms with van der Waals surface area (Å²) in [6.07, 6.45) is 3.45. The van der Waals surface area contributed by atoms with Crippen LogP contribution in [0.5, 0.6) is 0 Å². The fourth-order valence-corrected chi connectivity index (χ4v) is 1.62. The highest BCUT2D eigenvalue weighted by molar-refractivity contribution is 5.36. The molecule has 0 aliphatic rings. The van der Waals surface area contributed by atoms with Crippen molar-refractivity contribution >= 4 is 5.82 Å². The molecule has 0 fully saturated rings. The number of nitrogens with two attached hydrogens (primary N) is 1. The van der Waals surface area contributed by atoms with Crippen LogP contribution in [0.3, 0.4) is 0 Å². The van der Waals surface area contributed by atoms with E-state index in [-0.39, 0.29) is 0 Å². The third-order valence-electron chi connectivity index (χ3n) is 2.53. The number of rotatable bonds is 4. The first-order valence-electron chi connectivity index (χ1n) is 5.55. The fourth-order valence-electron chi connectivity index (χ4n) is 1.62. The van der Waals surface area contributed by atoms with Gasteiger partial charge in [-0.15, -0.1) is 0 Å². The first kappa shape index (κ1) is 11.5. The van der Waals surface area contributed by atoms with Crippen molar-refractivity contribution in [1.29, 1.82) is 0 Å². The van der Waals surface area contributed by atoms with Crippen molar-refractivity contribution in [2.75, 3.05) is 11.9 Å². The van der Waals surface area contributed by atoms with Gasteiger partial charge in [0.1, 0.15) is 5.82 Å². The van der Waals surface area contributed by atoms with Gasteiger partial charge in [0.15, 0.2) is 0 Å². The van der Waals surface area contributed by atoms with Crippen molar-refractivity contribution < 1.29 is 0 Å². The summed E-state index contributed by atoms with van der Waals surface area (Å²) in [6.45, 7) is 1.23. The first-order valence-corrected chi connectivity index (χ1v) is 5.55. The molecule has 17 heavy (non-hydrogen) atoms. The molecule has 88 valence electrons. The van der Waals surface area contributed by atoms with Crippen LogP contribution in [0.15, 0.2) is 42.7 Å². The molecule has 0 saturated heterocycles. The third kappa shape index (κ3) is 3.01. The smallest absolute Gasteiger partial charge is 0.147 e. The Bertz CT molecular complexity index is 470. The molecule has 0 spiro atoms. The van der Waals surface area contributed by atoms with Gasteiger partial charge in [0.2, 0.25) is 0 Å². The van der Waals surface area contributed by atoms with E-state index in [1.807, 2.05) is 25.2 Å². The zero-order valence-corrected chi connectivity index (χ0v) is 9.87. The number of hydrogen-bond donors (Lipinski definition) is 1. The second-order valence-corrected chi connectivity index (χ2v) is 3.91. The van der Waals surface area contributed by atoms with Crippen molar-refractivity contribution in [2.45, 2.75) is 13.1 Å². The molecule has 0 atom stereocenters. The Balaban J connectivity index is 2.11. The van der Waals surface area contributed by atoms with Crippen molar-refractivity contribution in [3.8, 4) is 0 Å². The van der Waals surface area contributed by atoms with Crippen LogP contribution in [-0.2, 0) is 13.1 Å². The molecule has 1 heterocycles. The zero-order valence-electron chi connectivity index (χ0n) is 9.87. The molecule has 0 amide bonds. The van der Waals surface area contributed by atoms with Crippen LogP contribution >= 0.6 is 0 Å². The summed E-state index contributed by atoms with van der Waals surface area (Å²) < 4.78 is 0. The quantitative estimate of drug-likeness (QED) is 0.863. The van der Waals surface area contributed by atoms with Crippen molar-refractivity contribution in [1.82, 2.24) is 9.97 Å². The zero-order chi connectivity index (χ0) is 12.1. The summed E-state index contributed by atoms with van der Waals surface area (Å²) in [6, 6.07) is 10.3. The Morgan fingerprint density at radius 2 is 1.94 bits per heavy atom. The van der Waals surface area contributed by atoms with E-state index >= 15 is 0 Å². The predicted octanol–water partition coefficient (Wildman–Crippen LogP) is 1.57. The van der Waals surface area contributed by atoms with Crippen LogP contribution in [0.25, 0.3) is 0 Å². The Morgan fingerprint density at radius 3 is 2.65 bits per heavy atom. The van der Waals surface area contributed by atoms with Crippen LogP contribution in [-0.4, -0.2) is 17.0 Å². The van der Waals surface area contributed by atoms with Crippen LogP contribution in [0, 0.1) is 0 Å². The van der Waals surface area contributed by atoms with Crippen LogP contribution < -0.4 is 10.6 Å². The lowest BCUT2D eigenvalue weighted by Gasteiger charge is -2.18. The molecule has 0 saturated carbocycles. The number of benzene rings is 1. The monoisotopic (exact) mass is 228 g/mol. The number of nitrogens with zero attached hydrogens (tertiary/aromatic N) is 3. The van der Waals surface area contributed by atoms with Gasteiger partial charge in [0.05, 0.1) is 11.9 Å². The lowest BCUT2D eigenvalue weighted by atomic mass is 10.2. The van der Waals surface area contributed by atoms with Gasteiger partial charge in [-0.2, -0.15) is 0 Å². The second kappa shape index (κ2) is 5.41. The van der Waals surface area contributed by atoms with Gasteiger partial charge in [-0.3, -0.25) is 4.98 Å². The molecule has 2 aromatic rings. The largest absolute Gasteiger partial charge is 0.354 e. The first-order chi connectivity index (χ1) is 8.29. The highest BCUT2D eigenvalue weighted by Crippen LogP contribution is 2.11. The lowest BCUT2D eigenvalue weighted by molar-refractivity contribution is 0.865. The summed E-state index contributed by atoms with van der Waals surface area (Å²) in [4.78, 5) is 10.6. The summed E-state index contributed by atoms with van der Waals surface area (Å²) in [5.41, 5.74) is 7.60. The minimum Gasteiger partial charge on any atom is -0.354 e. The molecular formula is C13H16N4. The molecule has 4 nitrogen and oxygen atoms in total. The van der Waals surface area contributed by atoms with Gasteiger partial charge in [-0.25, -0.2) is 4.98 Å². The van der Waals surface area contributed by atoms with E-state index in [9.17, 15) is 0 Å². The average Bonchev–Trinajstić information content (AvgIpc) is 2.40. The molecule has 0 unspecified atom stereocenters. The van der Waals surface area contributed by atoms with Gasteiger partial charge >= 0.3 is 0 Å². The van der Waals surface area contributed by atoms with Crippen LogP contribution in [0.1, 0.15) is 11.3 Å². The minimum absolute atomic E-state index is 0.417. The van der Waals surface area contributed by atoms with Gasteiger partial charge in [0.25, 0.3) is 0 Å². The number of hydrogen-bond acceptors (Lipinski definition) is 4. The predicted molar refractivity (Wildman–Crippen MR) is 68.5 cm³/mol. The van der Waals surface area contributed by atoms with Crippen molar-refractivity contribution in [3.63, 3.8) is 0 Å². The van der Waals surface area contributed by atoms with Crippen LogP contribution in [0.2, 0.25) is 0 Å². The number of aromatic nitrogens is 2. The van der Waals surface area contributed by atoms with E-state index in [1.54, 1.807) is 12.4 Å². The molecule has 2 rings (SSSR count). The molecule has 1 aromatic heterocycles. The average molecular weight is 228 g/mol. The molecule has 1 aromatic carbocycles. The van der Waals surface area contributed by atoms with E-state index < -0.39 is 0 Å². The third-order valence-corrected chi connectivity index (χ3v) is 2.53. The Labute approximate surface area is 101 Å². The molecule has 4 heteroatoms. The highest BCUT2D eigenvalue weighted by atomic mass is 15.2. The molecular weight excluding hydrogens is 212 g/mol. The minimum atomic E-state index is 0.417. The topological polar surface area (TPSA) is 55.0 Å². The molecule has 0 bridgehead atoms. The Hall–Kier alpha value is -1.94. The van der Waals surface area contributed by atoms with Gasteiger partial charge < -0.3 is 10.6 Å². The van der Waals surface area contributed by atoms with Gasteiger partial charge in [-0.1, -0.05) is 30.3 Å². The number of anilines is 1. The van der Waals surface area contributed by atoms with E-state index in [0.717, 1.165) is 18.1 Å². The highest BCUT2D eigenvalue weighted by Gasteiger charge is 2.04. The summed E-state index contributed by atoms with van der Waals surface area (Å²) in [7, 11) is 2.00. The standard InChI is InChI=1S/C13H16N4/c1-17(10-11-5-3-2-4-6-11)13-9-15-8-12(7-14)16-13/h2-6,8-9H,7,10,14H2,1H3. The second-order valence-electron chi connectivity index (χ2n) is 3.91. The molecule has 0 aliphatic carbocycles. The van der Waals surface area contributed by atoms with E-state index in [0.29, 0.717) is 6.54 Å². The maximum Gasteiger partial charge on any atom is 0.147 e. The Kier molecular flexibility index (Phi) is 3.67. The summed E-state index contributed by atoms with van der Waals surface area (Å²) in [5, 5.41) is 0. The normalized spacial score (nSPS) is 10.2. The maximum atomic E-state index is 5.55. The van der Waals surface area contributed by atoms with Crippen molar-refractivity contribution in [2.24, 2.45) is 5.73 Å². The van der Waals surface area contributed by atoms with E-state index in [2.05, 4.69) is 27.0 Å². The lowest BCUT2D eigenvalue weighted by Crippen LogP contribution is -2.18. The van der Waals surface area contributed by atoms with E-state index in [4.69, 9.17) is 5.73 Å². The fraction of sp³-hybridized carbons (Fsp3) is 0.231. The van der Waals surface area contributed by atoms with Crippen LogP contribution in [0.4, 0.5) is 5.82 Å². The maximum absolute atomic E-state index is 5.55.